The molecule has 0 spiro atoms. The molecule has 1 unspecified atom stereocenters. The molecule has 1 aliphatic rings. The normalized spacial score (nSPS) is 19.0. The van der Waals surface area contributed by atoms with Gasteiger partial charge in [-0.3, -0.25) is 0 Å². The summed E-state index contributed by atoms with van der Waals surface area (Å²) >= 11 is 0. The number of nitrogens with one attached hydrogen (secondary N) is 1. The lowest BCUT2D eigenvalue weighted by molar-refractivity contribution is 0.315. The van der Waals surface area contributed by atoms with Crippen molar-refractivity contribution < 1.29 is 0 Å². The molecule has 2 aromatic rings. The highest BCUT2D eigenvalue weighted by atomic mass is 15.3. The van der Waals surface area contributed by atoms with Gasteiger partial charge in [0.05, 0.1) is 5.52 Å². The van der Waals surface area contributed by atoms with Crippen LogP contribution in [0, 0.1) is 0 Å². The first-order chi connectivity index (χ1) is 9.69. The number of hydrogen-bond acceptors (Lipinski definition) is 5. The minimum absolute atomic E-state index is 0.599. The third-order valence-electron chi connectivity index (χ3n) is 4.00. The number of anilines is 2. The highest BCUT2D eigenvalue weighted by Crippen LogP contribution is 2.28. The van der Waals surface area contributed by atoms with Gasteiger partial charge in [-0.15, -0.1) is 0 Å². The van der Waals surface area contributed by atoms with E-state index in [9.17, 15) is 0 Å². The first-order valence-electron chi connectivity index (χ1n) is 7.05. The lowest BCUT2D eigenvalue weighted by Crippen LogP contribution is -2.31. The predicted octanol–water partition coefficient (Wildman–Crippen LogP) is 1.81. The number of benzene rings is 1. The van der Waals surface area contributed by atoms with E-state index < -0.39 is 0 Å². The molecule has 5 nitrogen and oxygen atoms in total. The number of para-hydroxylation sites is 1. The van der Waals surface area contributed by atoms with Crippen LogP contribution in [0.15, 0.2) is 24.3 Å². The van der Waals surface area contributed by atoms with Crippen molar-refractivity contribution in [3.63, 3.8) is 0 Å². The van der Waals surface area contributed by atoms with Crippen LogP contribution in [0.5, 0.6) is 0 Å². The summed E-state index contributed by atoms with van der Waals surface area (Å²) in [5.41, 5.74) is 0.996. The van der Waals surface area contributed by atoms with Crippen LogP contribution in [0.4, 0.5) is 11.8 Å². The molecule has 0 saturated carbocycles. The average Bonchev–Trinajstić information content (AvgIpc) is 2.96. The Hall–Kier alpha value is -1.88. The van der Waals surface area contributed by atoms with Gasteiger partial charge in [-0.1, -0.05) is 12.1 Å². The van der Waals surface area contributed by atoms with Crippen molar-refractivity contribution in [3.05, 3.63) is 24.3 Å². The van der Waals surface area contributed by atoms with E-state index in [1.807, 2.05) is 25.2 Å². The first-order valence-corrected chi connectivity index (χ1v) is 7.05. The summed E-state index contributed by atoms with van der Waals surface area (Å²) in [7, 11) is 6.15. The number of hydrogen-bond donors (Lipinski definition) is 1. The predicted molar refractivity (Wildman–Crippen MR) is 83.4 cm³/mol. The van der Waals surface area contributed by atoms with Gasteiger partial charge in [0.15, 0.2) is 0 Å². The molecule has 2 heterocycles. The lowest BCUT2D eigenvalue weighted by atomic mass is 10.2. The van der Waals surface area contributed by atoms with Crippen LogP contribution in [0.1, 0.15) is 6.42 Å². The standard InChI is InChI=1S/C15H21N5/c1-16-15-17-13-7-5-4-6-12(13)14(18-15)20-9-8-11(10-20)19(2)3/h4-7,11H,8-10H2,1-3H3,(H,16,17,18). The van der Waals surface area contributed by atoms with E-state index in [0.29, 0.717) is 12.0 Å². The largest absolute Gasteiger partial charge is 0.357 e. The highest BCUT2D eigenvalue weighted by molar-refractivity contribution is 5.90. The van der Waals surface area contributed by atoms with Crippen LogP contribution in [0.25, 0.3) is 10.9 Å². The molecule has 106 valence electrons. The van der Waals surface area contributed by atoms with Crippen LogP contribution >= 0.6 is 0 Å². The maximum atomic E-state index is 4.68. The zero-order valence-electron chi connectivity index (χ0n) is 12.3. The smallest absolute Gasteiger partial charge is 0.224 e. The zero-order valence-corrected chi connectivity index (χ0v) is 12.3. The van der Waals surface area contributed by atoms with Crippen molar-refractivity contribution in [3.8, 4) is 0 Å². The molecule has 20 heavy (non-hydrogen) atoms. The van der Waals surface area contributed by atoms with Gasteiger partial charge in [-0.2, -0.15) is 4.98 Å². The summed E-state index contributed by atoms with van der Waals surface area (Å²) in [6.45, 7) is 2.07. The Morgan fingerprint density at radius 2 is 2.05 bits per heavy atom. The van der Waals surface area contributed by atoms with Gasteiger partial charge in [0.2, 0.25) is 5.95 Å². The summed E-state index contributed by atoms with van der Waals surface area (Å²) in [4.78, 5) is 13.9. The molecular weight excluding hydrogens is 250 g/mol. The highest BCUT2D eigenvalue weighted by Gasteiger charge is 2.26. The molecule has 0 amide bonds. The van der Waals surface area contributed by atoms with Crippen molar-refractivity contribution in [2.24, 2.45) is 0 Å². The number of nitrogens with zero attached hydrogens (tertiary/aromatic N) is 4. The van der Waals surface area contributed by atoms with Crippen LogP contribution in [-0.4, -0.2) is 55.1 Å². The molecule has 5 heteroatoms. The SMILES string of the molecule is CNc1nc(N2CCC(N(C)C)C2)c2ccccc2n1. The lowest BCUT2D eigenvalue weighted by Gasteiger charge is -2.22. The fourth-order valence-corrected chi connectivity index (χ4v) is 2.77. The summed E-state index contributed by atoms with van der Waals surface area (Å²) in [5, 5.41) is 4.19. The van der Waals surface area contributed by atoms with E-state index in [4.69, 9.17) is 0 Å². The summed E-state index contributed by atoms with van der Waals surface area (Å²) in [5.74, 6) is 1.73. The van der Waals surface area contributed by atoms with Gasteiger partial charge in [0, 0.05) is 31.6 Å². The van der Waals surface area contributed by atoms with Crippen molar-refractivity contribution in [1.82, 2.24) is 14.9 Å². The second-order valence-corrected chi connectivity index (χ2v) is 5.49. The van der Waals surface area contributed by atoms with Crippen molar-refractivity contribution in [1.29, 1.82) is 0 Å². The van der Waals surface area contributed by atoms with E-state index >= 15 is 0 Å². The monoisotopic (exact) mass is 271 g/mol. The van der Waals surface area contributed by atoms with Crippen LogP contribution in [0.2, 0.25) is 0 Å². The van der Waals surface area contributed by atoms with E-state index in [2.05, 4.69) is 45.2 Å². The number of rotatable bonds is 3. The molecule has 1 saturated heterocycles. The second kappa shape index (κ2) is 5.25. The minimum Gasteiger partial charge on any atom is -0.357 e. The van der Waals surface area contributed by atoms with Crippen LogP contribution in [0.3, 0.4) is 0 Å². The third kappa shape index (κ3) is 2.29. The molecule has 3 rings (SSSR count). The first kappa shape index (κ1) is 13.1. The second-order valence-electron chi connectivity index (χ2n) is 5.49. The quantitative estimate of drug-likeness (QED) is 0.922. The summed E-state index contributed by atoms with van der Waals surface area (Å²) in [6.07, 6.45) is 1.18. The van der Waals surface area contributed by atoms with Gasteiger partial charge < -0.3 is 15.1 Å². The van der Waals surface area contributed by atoms with E-state index in [-0.39, 0.29) is 0 Å². The van der Waals surface area contributed by atoms with Crippen LogP contribution in [-0.2, 0) is 0 Å². The molecule has 1 aromatic carbocycles. The Morgan fingerprint density at radius 1 is 1.25 bits per heavy atom. The maximum absolute atomic E-state index is 4.68. The summed E-state index contributed by atoms with van der Waals surface area (Å²) < 4.78 is 0. The molecule has 0 bridgehead atoms. The Labute approximate surface area is 119 Å². The fourth-order valence-electron chi connectivity index (χ4n) is 2.77. The number of fused-ring (bicyclic) bond motifs is 1. The van der Waals surface area contributed by atoms with Gasteiger partial charge in [0.1, 0.15) is 5.82 Å². The van der Waals surface area contributed by atoms with Gasteiger partial charge in [-0.05, 0) is 32.6 Å². The maximum Gasteiger partial charge on any atom is 0.224 e. The fraction of sp³-hybridized carbons (Fsp3) is 0.467. The van der Waals surface area contributed by atoms with Crippen molar-refractivity contribution >= 4 is 22.7 Å². The number of aromatic nitrogens is 2. The topological polar surface area (TPSA) is 44.3 Å². The molecule has 0 aliphatic carbocycles. The van der Waals surface area contributed by atoms with Crippen molar-refractivity contribution in [2.75, 3.05) is 44.4 Å². The Balaban J connectivity index is 2.02. The Morgan fingerprint density at radius 3 is 2.75 bits per heavy atom. The molecular formula is C15H21N5. The van der Waals surface area contributed by atoms with Crippen molar-refractivity contribution in [2.45, 2.75) is 12.5 Å². The average molecular weight is 271 g/mol. The minimum atomic E-state index is 0.599. The van der Waals surface area contributed by atoms with Gasteiger partial charge in [-0.25, -0.2) is 4.98 Å². The molecule has 0 radical (unpaired) electrons. The Bertz CT molecular complexity index is 610. The summed E-state index contributed by atoms with van der Waals surface area (Å²) in [6, 6.07) is 8.81. The van der Waals surface area contributed by atoms with E-state index in [0.717, 1.165) is 29.8 Å². The zero-order chi connectivity index (χ0) is 14.1. The molecule has 1 atom stereocenters. The van der Waals surface area contributed by atoms with Crippen LogP contribution < -0.4 is 10.2 Å². The van der Waals surface area contributed by atoms with Gasteiger partial charge >= 0.3 is 0 Å². The Kier molecular flexibility index (Phi) is 3.44. The molecule has 1 aliphatic heterocycles. The van der Waals surface area contributed by atoms with Gasteiger partial charge in [0.25, 0.3) is 0 Å². The molecule has 1 fully saturated rings. The molecule has 1 aromatic heterocycles. The molecule has 1 N–H and O–H groups in total. The third-order valence-corrected chi connectivity index (χ3v) is 4.00. The van der Waals surface area contributed by atoms with E-state index in [1.165, 1.54) is 6.42 Å². The number of likely N-dealkylation sites (N-methyl/N-ethyl adjacent to an activating group) is 1. The van der Waals surface area contributed by atoms with E-state index in [1.54, 1.807) is 0 Å².